The summed E-state index contributed by atoms with van der Waals surface area (Å²) in [7, 11) is 0. The quantitative estimate of drug-likeness (QED) is 0.337. The zero-order valence-corrected chi connectivity index (χ0v) is 20.8. The number of allylic oxidation sites excluding steroid dienone is 3. The number of rotatable bonds is 3. The van der Waals surface area contributed by atoms with E-state index in [1.165, 1.54) is 44.8 Å². The van der Waals surface area contributed by atoms with Crippen LogP contribution in [0.15, 0.2) is 96.2 Å². The molecule has 0 spiro atoms. The SMILES string of the molecule is C=C/C=C(\C=C)N1c2ccccc2C(C)(C)c2cc3c(cc21)C(C)(C)c1cc(Br)ccc1-3. The van der Waals surface area contributed by atoms with Crippen LogP contribution in [-0.4, -0.2) is 0 Å². The van der Waals surface area contributed by atoms with Gasteiger partial charge in [0.15, 0.2) is 0 Å². The summed E-state index contributed by atoms with van der Waals surface area (Å²) in [4.78, 5) is 2.35. The first kappa shape index (κ1) is 21.0. The van der Waals surface area contributed by atoms with Crippen molar-refractivity contribution in [2.75, 3.05) is 4.90 Å². The fraction of sp³-hybridized carbons (Fsp3) is 0.200. The number of hydrogen-bond acceptors (Lipinski definition) is 1. The molecule has 0 saturated heterocycles. The minimum absolute atomic E-state index is 0.0766. The van der Waals surface area contributed by atoms with Crippen molar-refractivity contribution in [1.82, 2.24) is 0 Å². The second kappa shape index (κ2) is 7.08. The first-order valence-corrected chi connectivity index (χ1v) is 11.9. The van der Waals surface area contributed by atoms with Crippen LogP contribution in [-0.2, 0) is 10.8 Å². The Labute approximate surface area is 199 Å². The highest BCUT2D eigenvalue weighted by molar-refractivity contribution is 9.10. The molecule has 0 unspecified atom stereocenters. The highest BCUT2D eigenvalue weighted by Crippen LogP contribution is 2.56. The monoisotopic (exact) mass is 481 g/mol. The minimum atomic E-state index is -0.125. The third kappa shape index (κ3) is 2.75. The molecule has 0 bridgehead atoms. The molecule has 0 radical (unpaired) electrons. The van der Waals surface area contributed by atoms with Gasteiger partial charge in [-0.15, -0.1) is 0 Å². The van der Waals surface area contributed by atoms with E-state index in [0.717, 1.165) is 10.2 Å². The number of para-hydroxylation sites is 1. The second-order valence-electron chi connectivity index (χ2n) is 9.74. The Hall–Kier alpha value is -2.84. The lowest BCUT2D eigenvalue weighted by Crippen LogP contribution is -2.32. The predicted octanol–water partition coefficient (Wildman–Crippen LogP) is 8.79. The summed E-state index contributed by atoms with van der Waals surface area (Å²) in [6, 6.07) is 20.3. The van der Waals surface area contributed by atoms with E-state index in [1.807, 2.05) is 18.2 Å². The largest absolute Gasteiger partial charge is 0.310 e. The van der Waals surface area contributed by atoms with Crippen molar-refractivity contribution < 1.29 is 0 Å². The number of benzene rings is 3. The molecule has 0 amide bonds. The molecule has 0 aromatic heterocycles. The smallest absolute Gasteiger partial charge is 0.0506 e. The number of anilines is 2. The summed E-state index contributed by atoms with van der Waals surface area (Å²) in [6.45, 7) is 17.4. The molecule has 1 heterocycles. The van der Waals surface area contributed by atoms with Crippen LogP contribution >= 0.6 is 15.9 Å². The van der Waals surface area contributed by atoms with Gasteiger partial charge in [-0.1, -0.05) is 87.1 Å². The van der Waals surface area contributed by atoms with Gasteiger partial charge in [0.05, 0.1) is 11.4 Å². The van der Waals surface area contributed by atoms with Crippen molar-refractivity contribution in [3.8, 4) is 11.1 Å². The predicted molar refractivity (Wildman–Crippen MR) is 141 cm³/mol. The molecule has 0 fully saturated rings. The van der Waals surface area contributed by atoms with Crippen LogP contribution in [0.5, 0.6) is 0 Å². The van der Waals surface area contributed by atoms with Crippen LogP contribution in [0.1, 0.15) is 49.9 Å². The maximum atomic E-state index is 4.12. The normalized spacial score (nSPS) is 17.2. The molecular weight excluding hydrogens is 454 g/mol. The summed E-state index contributed by atoms with van der Waals surface area (Å²) >= 11 is 3.68. The Balaban J connectivity index is 1.87. The maximum Gasteiger partial charge on any atom is 0.0506 e. The van der Waals surface area contributed by atoms with Gasteiger partial charge in [0.2, 0.25) is 0 Å². The topological polar surface area (TPSA) is 3.24 Å². The lowest BCUT2D eigenvalue weighted by atomic mass is 9.71. The van der Waals surface area contributed by atoms with Gasteiger partial charge < -0.3 is 4.90 Å². The first-order chi connectivity index (χ1) is 15.2. The first-order valence-electron chi connectivity index (χ1n) is 11.1. The van der Waals surface area contributed by atoms with E-state index < -0.39 is 0 Å². The fourth-order valence-electron chi connectivity index (χ4n) is 5.53. The summed E-state index contributed by atoms with van der Waals surface area (Å²) in [5.74, 6) is 0. The standard InChI is InChI=1S/C30H28BrN/c1-7-11-20(8-2)32-27-13-10-9-12-23(27)29(3,4)26-17-22-21-15-14-19(31)16-24(21)30(5,6)25(22)18-28(26)32/h7-18H,1-2H2,3-6H3/b20-11+. The molecule has 3 aromatic rings. The van der Waals surface area contributed by atoms with Crippen LogP contribution in [0.4, 0.5) is 11.4 Å². The molecular formula is C30H28BrN. The summed E-state index contributed by atoms with van der Waals surface area (Å²) in [6.07, 6.45) is 5.80. The maximum absolute atomic E-state index is 4.12. The van der Waals surface area contributed by atoms with Crippen molar-refractivity contribution in [2.24, 2.45) is 0 Å². The van der Waals surface area contributed by atoms with Crippen LogP contribution in [0, 0.1) is 0 Å². The molecule has 0 atom stereocenters. The van der Waals surface area contributed by atoms with Crippen molar-refractivity contribution in [3.05, 3.63) is 118 Å². The number of fused-ring (bicyclic) bond motifs is 5. The second-order valence-corrected chi connectivity index (χ2v) is 10.7. The van der Waals surface area contributed by atoms with Crippen LogP contribution in [0.2, 0.25) is 0 Å². The molecule has 5 rings (SSSR count). The van der Waals surface area contributed by atoms with Crippen molar-refractivity contribution in [1.29, 1.82) is 0 Å². The van der Waals surface area contributed by atoms with Gasteiger partial charge >= 0.3 is 0 Å². The summed E-state index contributed by atoms with van der Waals surface area (Å²) < 4.78 is 1.12. The zero-order chi connectivity index (χ0) is 22.8. The van der Waals surface area contributed by atoms with E-state index in [-0.39, 0.29) is 10.8 Å². The van der Waals surface area contributed by atoms with Gasteiger partial charge in [-0.3, -0.25) is 0 Å². The van der Waals surface area contributed by atoms with Crippen molar-refractivity contribution in [2.45, 2.75) is 38.5 Å². The molecule has 160 valence electrons. The zero-order valence-electron chi connectivity index (χ0n) is 19.2. The molecule has 1 aliphatic carbocycles. The Morgan fingerprint density at radius 3 is 2.19 bits per heavy atom. The minimum Gasteiger partial charge on any atom is -0.310 e. The van der Waals surface area contributed by atoms with E-state index in [4.69, 9.17) is 0 Å². The number of nitrogens with zero attached hydrogens (tertiary/aromatic N) is 1. The highest BCUT2D eigenvalue weighted by atomic mass is 79.9. The third-order valence-corrected chi connectivity index (χ3v) is 7.74. The van der Waals surface area contributed by atoms with Crippen molar-refractivity contribution in [3.63, 3.8) is 0 Å². The highest BCUT2D eigenvalue weighted by Gasteiger charge is 2.42. The Morgan fingerprint density at radius 1 is 0.781 bits per heavy atom. The molecule has 0 N–H and O–H groups in total. The molecule has 2 heteroatoms. The Kier molecular flexibility index (Phi) is 4.65. The molecule has 3 aromatic carbocycles. The number of hydrogen-bond donors (Lipinski definition) is 0. The van der Waals surface area contributed by atoms with E-state index in [0.29, 0.717) is 0 Å². The molecule has 1 nitrogen and oxygen atoms in total. The fourth-order valence-corrected chi connectivity index (χ4v) is 5.89. The van der Waals surface area contributed by atoms with Gasteiger partial charge in [0.25, 0.3) is 0 Å². The van der Waals surface area contributed by atoms with Gasteiger partial charge in [-0.25, -0.2) is 0 Å². The lowest BCUT2D eigenvalue weighted by molar-refractivity contribution is 0.626. The van der Waals surface area contributed by atoms with Gasteiger partial charge in [-0.2, -0.15) is 0 Å². The van der Waals surface area contributed by atoms with Crippen LogP contribution in [0.25, 0.3) is 11.1 Å². The molecule has 2 aliphatic rings. The van der Waals surface area contributed by atoms with Gasteiger partial charge in [-0.05, 0) is 75.9 Å². The average molecular weight is 482 g/mol. The molecule has 0 saturated carbocycles. The molecule has 1 aliphatic heterocycles. The van der Waals surface area contributed by atoms with Crippen molar-refractivity contribution >= 4 is 27.3 Å². The Bertz CT molecular complexity index is 1320. The van der Waals surface area contributed by atoms with E-state index in [1.54, 1.807) is 0 Å². The van der Waals surface area contributed by atoms with Crippen LogP contribution in [0.3, 0.4) is 0 Å². The average Bonchev–Trinajstić information content (AvgIpc) is 2.98. The summed E-state index contributed by atoms with van der Waals surface area (Å²) in [5, 5.41) is 0. The Morgan fingerprint density at radius 2 is 1.47 bits per heavy atom. The third-order valence-electron chi connectivity index (χ3n) is 7.24. The summed E-state index contributed by atoms with van der Waals surface area (Å²) in [5.41, 5.74) is 11.3. The molecule has 32 heavy (non-hydrogen) atoms. The lowest BCUT2D eigenvalue weighted by Gasteiger charge is -2.43. The van der Waals surface area contributed by atoms with E-state index in [9.17, 15) is 0 Å². The van der Waals surface area contributed by atoms with Gasteiger partial charge in [0.1, 0.15) is 0 Å². The van der Waals surface area contributed by atoms with Crippen LogP contribution < -0.4 is 4.90 Å². The van der Waals surface area contributed by atoms with E-state index >= 15 is 0 Å². The number of halogens is 1. The van der Waals surface area contributed by atoms with Gasteiger partial charge in [0, 0.05) is 21.0 Å². The van der Waals surface area contributed by atoms with E-state index in [2.05, 4.69) is 116 Å².